The van der Waals surface area contributed by atoms with Crippen LogP contribution in [0.1, 0.15) is 5.56 Å². The number of halogens is 1. The predicted octanol–water partition coefficient (Wildman–Crippen LogP) is 2.54. The molecule has 2 rings (SSSR count). The number of nitrogens with zero attached hydrogens (tertiary/aromatic N) is 1. The first kappa shape index (κ1) is 9.80. The standard InChI is InChI=1S/C12H10FNO/c13-11(6-8-15)10-5-1-3-9-4-2-7-14-12(9)10/h1-7,15H,8H2. The molecule has 76 valence electrons. The Hall–Kier alpha value is -1.74. The summed E-state index contributed by atoms with van der Waals surface area (Å²) in [6, 6.07) is 8.97. The van der Waals surface area contributed by atoms with Gasteiger partial charge in [0.2, 0.25) is 0 Å². The molecule has 2 aromatic rings. The van der Waals surface area contributed by atoms with Gasteiger partial charge in [-0.2, -0.15) is 0 Å². The van der Waals surface area contributed by atoms with E-state index in [1.54, 1.807) is 24.4 Å². The number of aromatic nitrogens is 1. The molecule has 0 fully saturated rings. The Bertz CT molecular complexity index is 502. The van der Waals surface area contributed by atoms with E-state index in [0.717, 1.165) is 11.5 Å². The zero-order valence-corrected chi connectivity index (χ0v) is 8.02. The van der Waals surface area contributed by atoms with Crippen LogP contribution in [-0.2, 0) is 0 Å². The van der Waals surface area contributed by atoms with E-state index in [9.17, 15) is 4.39 Å². The number of aliphatic hydroxyl groups is 1. The maximum Gasteiger partial charge on any atom is 0.130 e. The second kappa shape index (κ2) is 4.19. The van der Waals surface area contributed by atoms with Crippen molar-refractivity contribution >= 4 is 16.7 Å². The third-order valence-corrected chi connectivity index (χ3v) is 2.16. The molecule has 0 aliphatic heterocycles. The van der Waals surface area contributed by atoms with Crippen molar-refractivity contribution < 1.29 is 9.50 Å². The monoisotopic (exact) mass is 203 g/mol. The lowest BCUT2D eigenvalue weighted by molar-refractivity contribution is 0.342. The summed E-state index contributed by atoms with van der Waals surface area (Å²) >= 11 is 0. The summed E-state index contributed by atoms with van der Waals surface area (Å²) in [5.41, 5.74) is 1.03. The fourth-order valence-electron chi connectivity index (χ4n) is 1.49. The van der Waals surface area contributed by atoms with Crippen LogP contribution in [0.25, 0.3) is 16.7 Å². The van der Waals surface area contributed by atoms with E-state index in [1.807, 2.05) is 12.1 Å². The molecule has 0 amide bonds. The Morgan fingerprint density at radius 1 is 1.33 bits per heavy atom. The minimum Gasteiger partial charge on any atom is -0.392 e. The molecular formula is C12H10FNO. The summed E-state index contributed by atoms with van der Waals surface area (Å²) in [6.07, 6.45) is 2.75. The number of hydrogen-bond donors (Lipinski definition) is 1. The minimum atomic E-state index is -0.443. The number of fused-ring (bicyclic) bond motifs is 1. The molecule has 0 aliphatic rings. The van der Waals surface area contributed by atoms with Gasteiger partial charge in [0.05, 0.1) is 12.1 Å². The SMILES string of the molecule is OCC=C(F)c1cccc2cccnc12. The quantitative estimate of drug-likeness (QED) is 0.813. The fourth-order valence-corrected chi connectivity index (χ4v) is 1.49. The fraction of sp³-hybridized carbons (Fsp3) is 0.0833. The summed E-state index contributed by atoms with van der Waals surface area (Å²) in [5, 5.41) is 9.52. The topological polar surface area (TPSA) is 33.1 Å². The van der Waals surface area contributed by atoms with Gasteiger partial charge in [0.1, 0.15) is 5.83 Å². The highest BCUT2D eigenvalue weighted by atomic mass is 19.1. The first-order chi connectivity index (χ1) is 7.33. The number of aliphatic hydroxyl groups excluding tert-OH is 1. The van der Waals surface area contributed by atoms with Crippen LogP contribution in [0.2, 0.25) is 0 Å². The lowest BCUT2D eigenvalue weighted by Gasteiger charge is -2.02. The van der Waals surface area contributed by atoms with Crippen LogP contribution < -0.4 is 0 Å². The molecule has 0 saturated carbocycles. The molecule has 0 aliphatic carbocycles. The average Bonchev–Trinajstić information content (AvgIpc) is 2.28. The Balaban J connectivity index is 2.66. The van der Waals surface area contributed by atoms with Crippen LogP contribution in [0.3, 0.4) is 0 Å². The van der Waals surface area contributed by atoms with Crippen LogP contribution in [0.15, 0.2) is 42.6 Å². The highest BCUT2D eigenvalue weighted by Crippen LogP contribution is 2.23. The number of hydrogen-bond acceptors (Lipinski definition) is 2. The average molecular weight is 203 g/mol. The van der Waals surface area contributed by atoms with Crippen molar-refractivity contribution in [3.05, 3.63) is 48.2 Å². The third-order valence-electron chi connectivity index (χ3n) is 2.16. The van der Waals surface area contributed by atoms with Crippen molar-refractivity contribution in [2.45, 2.75) is 0 Å². The smallest absolute Gasteiger partial charge is 0.130 e. The molecule has 3 heteroatoms. The molecule has 0 atom stereocenters. The van der Waals surface area contributed by atoms with E-state index in [0.29, 0.717) is 11.1 Å². The first-order valence-electron chi connectivity index (χ1n) is 4.63. The van der Waals surface area contributed by atoms with Gasteiger partial charge in [-0.3, -0.25) is 4.98 Å². The number of rotatable bonds is 2. The van der Waals surface area contributed by atoms with Crippen LogP contribution in [0.4, 0.5) is 4.39 Å². The molecule has 15 heavy (non-hydrogen) atoms. The molecule has 1 aromatic heterocycles. The van der Waals surface area contributed by atoms with Crippen LogP contribution >= 0.6 is 0 Å². The van der Waals surface area contributed by atoms with Gasteiger partial charge < -0.3 is 5.11 Å². The zero-order valence-electron chi connectivity index (χ0n) is 8.02. The van der Waals surface area contributed by atoms with Gasteiger partial charge in [0.25, 0.3) is 0 Å². The van der Waals surface area contributed by atoms with E-state index < -0.39 is 5.83 Å². The number of para-hydroxylation sites is 1. The van der Waals surface area contributed by atoms with Crippen molar-refractivity contribution in [2.24, 2.45) is 0 Å². The maximum absolute atomic E-state index is 13.5. The second-order valence-electron chi connectivity index (χ2n) is 3.12. The Morgan fingerprint density at radius 3 is 2.93 bits per heavy atom. The summed E-state index contributed by atoms with van der Waals surface area (Å²) in [4.78, 5) is 4.12. The van der Waals surface area contributed by atoms with Gasteiger partial charge in [-0.05, 0) is 18.2 Å². The Morgan fingerprint density at radius 2 is 2.13 bits per heavy atom. The van der Waals surface area contributed by atoms with Crippen molar-refractivity contribution in [3.8, 4) is 0 Å². The third kappa shape index (κ3) is 1.87. The largest absolute Gasteiger partial charge is 0.392 e. The van der Waals surface area contributed by atoms with Crippen molar-refractivity contribution in [1.29, 1.82) is 0 Å². The van der Waals surface area contributed by atoms with Gasteiger partial charge in [0, 0.05) is 17.1 Å². The van der Waals surface area contributed by atoms with Gasteiger partial charge >= 0.3 is 0 Å². The highest BCUT2D eigenvalue weighted by Gasteiger charge is 2.05. The van der Waals surface area contributed by atoms with Gasteiger partial charge in [-0.15, -0.1) is 0 Å². The van der Waals surface area contributed by atoms with E-state index in [4.69, 9.17) is 5.11 Å². The molecule has 0 radical (unpaired) electrons. The van der Waals surface area contributed by atoms with E-state index in [-0.39, 0.29) is 6.61 Å². The molecule has 1 heterocycles. The Kier molecular flexibility index (Phi) is 2.74. The molecule has 0 unspecified atom stereocenters. The number of benzene rings is 1. The molecule has 0 bridgehead atoms. The van der Waals surface area contributed by atoms with E-state index >= 15 is 0 Å². The maximum atomic E-state index is 13.5. The van der Waals surface area contributed by atoms with Crippen molar-refractivity contribution in [2.75, 3.05) is 6.61 Å². The van der Waals surface area contributed by atoms with Gasteiger partial charge in [-0.1, -0.05) is 18.2 Å². The first-order valence-corrected chi connectivity index (χ1v) is 4.63. The number of pyridine rings is 1. The summed E-state index contributed by atoms with van der Waals surface area (Å²) in [7, 11) is 0. The lowest BCUT2D eigenvalue weighted by atomic mass is 10.1. The molecule has 0 spiro atoms. The van der Waals surface area contributed by atoms with Crippen molar-refractivity contribution in [3.63, 3.8) is 0 Å². The summed E-state index contributed by atoms with van der Waals surface area (Å²) in [5.74, 6) is -0.443. The Labute approximate surface area is 86.7 Å². The predicted molar refractivity (Wildman–Crippen MR) is 57.9 cm³/mol. The van der Waals surface area contributed by atoms with Gasteiger partial charge in [-0.25, -0.2) is 4.39 Å². The molecule has 1 N–H and O–H groups in total. The van der Waals surface area contributed by atoms with Crippen LogP contribution in [-0.4, -0.2) is 16.7 Å². The normalized spacial score (nSPS) is 12.0. The second-order valence-corrected chi connectivity index (χ2v) is 3.12. The molecule has 1 aromatic carbocycles. The van der Waals surface area contributed by atoms with E-state index in [2.05, 4.69) is 4.98 Å². The summed E-state index contributed by atoms with van der Waals surface area (Å²) < 4.78 is 13.5. The molecule has 2 nitrogen and oxygen atoms in total. The van der Waals surface area contributed by atoms with Crippen LogP contribution in [0, 0.1) is 0 Å². The summed E-state index contributed by atoms with van der Waals surface area (Å²) in [6.45, 7) is -0.310. The lowest BCUT2D eigenvalue weighted by Crippen LogP contribution is -1.86. The molecular weight excluding hydrogens is 193 g/mol. The van der Waals surface area contributed by atoms with E-state index in [1.165, 1.54) is 0 Å². The van der Waals surface area contributed by atoms with Crippen molar-refractivity contribution in [1.82, 2.24) is 4.98 Å². The van der Waals surface area contributed by atoms with Crippen LogP contribution in [0.5, 0.6) is 0 Å². The minimum absolute atomic E-state index is 0.310. The highest BCUT2D eigenvalue weighted by molar-refractivity contribution is 5.89. The molecule has 0 saturated heterocycles. The zero-order chi connectivity index (χ0) is 10.7. The van der Waals surface area contributed by atoms with Gasteiger partial charge in [0.15, 0.2) is 0 Å².